The van der Waals surface area contributed by atoms with Crippen molar-refractivity contribution in [2.45, 2.75) is 12.3 Å². The molecule has 0 amide bonds. The first-order chi connectivity index (χ1) is 11.9. The molecule has 25 heavy (non-hydrogen) atoms. The molecule has 3 rings (SSSR count). The molecule has 0 radical (unpaired) electrons. The van der Waals surface area contributed by atoms with E-state index in [2.05, 4.69) is 4.72 Å². The summed E-state index contributed by atoms with van der Waals surface area (Å²) in [5.74, 6) is -0.163. The van der Waals surface area contributed by atoms with E-state index in [0.717, 1.165) is 4.88 Å². The first-order valence-corrected chi connectivity index (χ1v) is 10.2. The molecule has 0 aliphatic carbocycles. The Hall–Kier alpha value is -1.93. The van der Waals surface area contributed by atoms with Crippen molar-refractivity contribution in [1.29, 1.82) is 0 Å². The number of benzene rings is 1. The number of sulfonamides is 1. The smallest absolute Gasteiger partial charge is 0.238 e. The summed E-state index contributed by atoms with van der Waals surface area (Å²) in [5, 5.41) is 0.412. The second-order valence-corrected chi connectivity index (χ2v) is 8.63. The van der Waals surface area contributed by atoms with Gasteiger partial charge in [-0.1, -0.05) is 29.8 Å². The topological polar surface area (TPSA) is 76.4 Å². The fraction of sp³-hybridized carbons (Fsp3) is 0.118. The maximum Gasteiger partial charge on any atom is 0.238 e. The van der Waals surface area contributed by atoms with Crippen molar-refractivity contribution in [1.82, 2.24) is 4.72 Å². The van der Waals surface area contributed by atoms with Crippen LogP contribution in [0.1, 0.15) is 25.9 Å². The maximum atomic E-state index is 12.2. The molecular formula is C17H14ClNO4S2. The van der Waals surface area contributed by atoms with Gasteiger partial charge in [0, 0.05) is 16.4 Å². The highest BCUT2D eigenvalue weighted by molar-refractivity contribution is 7.88. The quantitative estimate of drug-likeness (QED) is 0.616. The Morgan fingerprint density at radius 1 is 1.12 bits per heavy atom. The van der Waals surface area contributed by atoms with Crippen LogP contribution in [0.2, 0.25) is 5.02 Å². The van der Waals surface area contributed by atoms with Crippen LogP contribution in [0.15, 0.2) is 59.2 Å². The van der Waals surface area contributed by atoms with Crippen LogP contribution < -0.4 is 4.72 Å². The molecule has 0 fully saturated rings. The number of hydrogen-bond donors (Lipinski definition) is 1. The highest BCUT2D eigenvalue weighted by Gasteiger charge is 2.17. The molecule has 2 heterocycles. The average molecular weight is 396 g/mol. The van der Waals surface area contributed by atoms with Crippen LogP contribution >= 0.6 is 22.9 Å². The zero-order valence-corrected chi connectivity index (χ0v) is 15.3. The molecule has 0 atom stereocenters. The highest BCUT2D eigenvalue weighted by atomic mass is 35.5. The van der Waals surface area contributed by atoms with Crippen molar-refractivity contribution in [3.05, 3.63) is 80.9 Å². The second kappa shape index (κ2) is 7.53. The molecule has 3 aromatic rings. The van der Waals surface area contributed by atoms with E-state index in [1.807, 2.05) is 0 Å². The Balaban J connectivity index is 1.64. The summed E-state index contributed by atoms with van der Waals surface area (Å²) in [6.45, 7) is 0.114. The largest absolute Gasteiger partial charge is 0.461 e. The van der Waals surface area contributed by atoms with Crippen LogP contribution in [-0.2, 0) is 22.3 Å². The van der Waals surface area contributed by atoms with Crippen molar-refractivity contribution in [2.24, 2.45) is 0 Å². The van der Waals surface area contributed by atoms with Crippen molar-refractivity contribution < 1.29 is 17.6 Å². The number of furan rings is 1. The molecule has 1 aromatic carbocycles. The van der Waals surface area contributed by atoms with Gasteiger partial charge in [0.25, 0.3) is 0 Å². The van der Waals surface area contributed by atoms with Crippen LogP contribution in [0.3, 0.4) is 0 Å². The van der Waals surface area contributed by atoms with Crippen molar-refractivity contribution in [3.8, 4) is 0 Å². The first kappa shape index (κ1) is 17.9. The third-order valence-electron chi connectivity index (χ3n) is 3.40. The summed E-state index contributed by atoms with van der Waals surface area (Å²) < 4.78 is 32.0. The zero-order chi connectivity index (χ0) is 17.9. The predicted octanol–water partition coefficient (Wildman–Crippen LogP) is 3.85. The van der Waals surface area contributed by atoms with E-state index in [-0.39, 0.29) is 23.8 Å². The lowest BCUT2D eigenvalue weighted by molar-refractivity contribution is 0.101. The molecule has 0 aliphatic heterocycles. The highest BCUT2D eigenvalue weighted by Crippen LogP contribution is 2.21. The Morgan fingerprint density at radius 2 is 1.92 bits per heavy atom. The standard InChI is InChI=1S/C17H14ClNO4S2/c18-14-5-2-1-4-12(14)11-25(21,22)19-10-13-7-8-16(24-13)17(20)15-6-3-9-23-15/h1-9,19H,10-11H2. The summed E-state index contributed by atoms with van der Waals surface area (Å²) in [7, 11) is -3.54. The molecule has 0 saturated heterocycles. The Bertz CT molecular complexity index is 978. The molecule has 0 bridgehead atoms. The molecule has 0 saturated carbocycles. The molecule has 0 unspecified atom stereocenters. The lowest BCUT2D eigenvalue weighted by atomic mass is 10.2. The number of carbonyl (C=O) groups excluding carboxylic acids is 1. The molecule has 5 nitrogen and oxygen atoms in total. The third-order valence-corrected chi connectivity index (χ3v) is 6.13. The van der Waals surface area contributed by atoms with Gasteiger partial charge in [0.15, 0.2) is 5.76 Å². The summed E-state index contributed by atoms with van der Waals surface area (Å²) in [6, 6.07) is 13.4. The Morgan fingerprint density at radius 3 is 2.64 bits per heavy atom. The van der Waals surface area contributed by atoms with E-state index in [9.17, 15) is 13.2 Å². The number of rotatable bonds is 7. The normalized spacial score (nSPS) is 11.6. The van der Waals surface area contributed by atoms with Crippen molar-refractivity contribution >= 4 is 38.7 Å². The van der Waals surface area contributed by atoms with E-state index in [1.165, 1.54) is 17.6 Å². The molecule has 8 heteroatoms. The van der Waals surface area contributed by atoms with Crippen molar-refractivity contribution in [3.63, 3.8) is 0 Å². The monoisotopic (exact) mass is 395 g/mol. The summed E-state index contributed by atoms with van der Waals surface area (Å²) in [6.07, 6.45) is 1.44. The SMILES string of the molecule is O=C(c1ccco1)c1ccc(CNS(=O)(=O)Cc2ccccc2Cl)s1. The van der Waals surface area contributed by atoms with Gasteiger partial charge in [-0.2, -0.15) is 0 Å². The number of ketones is 1. The van der Waals surface area contributed by atoms with Crippen molar-refractivity contribution in [2.75, 3.05) is 0 Å². The number of thiophene rings is 1. The minimum absolute atomic E-state index is 0.114. The first-order valence-electron chi connectivity index (χ1n) is 7.32. The van der Waals surface area contributed by atoms with Crippen LogP contribution in [0.5, 0.6) is 0 Å². The Labute approximate surface area is 154 Å². The van der Waals surface area contributed by atoms with E-state index in [0.29, 0.717) is 15.5 Å². The molecule has 1 N–H and O–H groups in total. The molecule has 130 valence electrons. The predicted molar refractivity (Wildman–Crippen MR) is 97.4 cm³/mol. The van der Waals surface area contributed by atoms with E-state index in [4.69, 9.17) is 16.0 Å². The third kappa shape index (κ3) is 4.58. The fourth-order valence-corrected chi connectivity index (χ4v) is 4.58. The van der Waals surface area contributed by atoms with Gasteiger partial charge in [-0.25, -0.2) is 13.1 Å². The summed E-state index contributed by atoms with van der Waals surface area (Å²) in [4.78, 5) is 13.4. The second-order valence-electron chi connectivity index (χ2n) is 5.24. The maximum absolute atomic E-state index is 12.2. The van der Waals surface area contributed by atoms with Crippen LogP contribution in [-0.4, -0.2) is 14.2 Å². The van der Waals surface area contributed by atoms with Crippen LogP contribution in [0.4, 0.5) is 0 Å². The number of hydrogen-bond acceptors (Lipinski definition) is 5. The van der Waals surface area contributed by atoms with Crippen LogP contribution in [0, 0.1) is 0 Å². The number of nitrogens with one attached hydrogen (secondary N) is 1. The van der Waals surface area contributed by atoms with Gasteiger partial charge >= 0.3 is 0 Å². The van der Waals surface area contributed by atoms with Gasteiger partial charge in [-0.3, -0.25) is 4.79 Å². The average Bonchev–Trinajstić information content (AvgIpc) is 3.26. The van der Waals surface area contributed by atoms with Gasteiger partial charge in [-0.05, 0) is 35.9 Å². The van der Waals surface area contributed by atoms with Gasteiger partial charge in [0.05, 0.1) is 16.9 Å². The van der Waals surface area contributed by atoms with Gasteiger partial charge in [-0.15, -0.1) is 11.3 Å². The van der Waals surface area contributed by atoms with Gasteiger partial charge in [0.1, 0.15) is 0 Å². The van der Waals surface area contributed by atoms with E-state index in [1.54, 1.807) is 48.5 Å². The molecule has 2 aromatic heterocycles. The van der Waals surface area contributed by atoms with E-state index >= 15 is 0 Å². The van der Waals surface area contributed by atoms with Gasteiger partial charge < -0.3 is 4.42 Å². The zero-order valence-electron chi connectivity index (χ0n) is 12.9. The molecule has 0 spiro atoms. The number of halogens is 1. The lowest BCUT2D eigenvalue weighted by Crippen LogP contribution is -2.24. The molecular weight excluding hydrogens is 382 g/mol. The molecule has 0 aliphatic rings. The van der Waals surface area contributed by atoms with E-state index < -0.39 is 10.0 Å². The number of carbonyl (C=O) groups is 1. The lowest BCUT2D eigenvalue weighted by Gasteiger charge is -2.07. The van der Waals surface area contributed by atoms with Gasteiger partial charge in [0.2, 0.25) is 15.8 Å². The minimum atomic E-state index is -3.54. The van der Waals surface area contributed by atoms with Crippen LogP contribution in [0.25, 0.3) is 0 Å². The fourth-order valence-electron chi connectivity index (χ4n) is 2.18. The summed E-state index contributed by atoms with van der Waals surface area (Å²) >= 11 is 7.22. The minimum Gasteiger partial charge on any atom is -0.461 e. The summed E-state index contributed by atoms with van der Waals surface area (Å²) in [5.41, 5.74) is 0.538. The Kier molecular flexibility index (Phi) is 5.39.